The number of carbonyl (C=O) groups is 2. The van der Waals surface area contributed by atoms with Crippen LogP contribution >= 0.6 is 15.9 Å². The second-order valence-electron chi connectivity index (χ2n) is 7.00. The van der Waals surface area contributed by atoms with Crippen molar-refractivity contribution in [2.45, 2.75) is 12.6 Å². The minimum absolute atomic E-state index is 0.221. The number of nitrogens with zero attached hydrogens (tertiary/aromatic N) is 1. The summed E-state index contributed by atoms with van der Waals surface area (Å²) in [4.78, 5) is 28.5. The summed E-state index contributed by atoms with van der Waals surface area (Å²) >= 11 is 3.43. The van der Waals surface area contributed by atoms with E-state index in [2.05, 4.69) is 26.6 Å². The van der Waals surface area contributed by atoms with Gasteiger partial charge in [-0.15, -0.1) is 0 Å². The summed E-state index contributed by atoms with van der Waals surface area (Å²) in [6.45, 7) is 1.97. The number of para-hydroxylation sites is 1. The maximum Gasteiger partial charge on any atom is 0.276 e. The molecule has 6 heteroatoms. The van der Waals surface area contributed by atoms with Crippen molar-refractivity contribution in [3.63, 3.8) is 0 Å². The van der Waals surface area contributed by atoms with E-state index in [-0.39, 0.29) is 11.8 Å². The summed E-state index contributed by atoms with van der Waals surface area (Å²) in [5, 5.41) is 6.32. The first kappa shape index (κ1) is 17.0. The molecule has 0 radical (unpaired) electrons. The Morgan fingerprint density at radius 1 is 0.929 bits per heavy atom. The van der Waals surface area contributed by atoms with Crippen molar-refractivity contribution in [3.8, 4) is 0 Å². The molecule has 0 unspecified atom stereocenters. The van der Waals surface area contributed by atoms with Gasteiger partial charge in [-0.2, -0.15) is 0 Å². The number of carbonyl (C=O) groups excluding carboxylic acids is 2. The van der Waals surface area contributed by atoms with E-state index >= 15 is 0 Å². The Morgan fingerprint density at radius 3 is 2.46 bits per heavy atom. The highest BCUT2D eigenvalue weighted by Crippen LogP contribution is 2.47. The number of aryl methyl sites for hydroxylation is 1. The molecule has 5 rings (SSSR count). The maximum atomic E-state index is 13.6. The fourth-order valence-corrected chi connectivity index (χ4v) is 4.22. The molecular formula is C22H16BrN3O2. The van der Waals surface area contributed by atoms with Crippen molar-refractivity contribution >= 4 is 44.8 Å². The maximum absolute atomic E-state index is 13.6. The molecule has 1 spiro atoms. The zero-order chi connectivity index (χ0) is 19.5. The van der Waals surface area contributed by atoms with Gasteiger partial charge in [0, 0.05) is 27.1 Å². The van der Waals surface area contributed by atoms with Crippen molar-refractivity contribution in [1.29, 1.82) is 0 Å². The van der Waals surface area contributed by atoms with E-state index in [1.807, 2.05) is 67.6 Å². The number of benzene rings is 3. The van der Waals surface area contributed by atoms with Gasteiger partial charge in [-0.25, -0.2) is 0 Å². The number of nitrogens with one attached hydrogen (secondary N) is 2. The Labute approximate surface area is 170 Å². The summed E-state index contributed by atoms with van der Waals surface area (Å²) < 4.78 is 0.898. The molecule has 2 heterocycles. The summed E-state index contributed by atoms with van der Waals surface area (Å²) in [5.74, 6) is -0.500. The number of hydrogen-bond donors (Lipinski definition) is 2. The van der Waals surface area contributed by atoms with Gasteiger partial charge < -0.3 is 10.6 Å². The lowest BCUT2D eigenvalue weighted by Gasteiger charge is -2.44. The smallest absolute Gasteiger partial charge is 0.276 e. The summed E-state index contributed by atoms with van der Waals surface area (Å²) in [5.41, 5.74) is 2.93. The van der Waals surface area contributed by atoms with E-state index in [1.165, 1.54) is 0 Å². The molecular weight excluding hydrogens is 418 g/mol. The summed E-state index contributed by atoms with van der Waals surface area (Å²) in [6.07, 6.45) is 0. The molecule has 2 aliphatic heterocycles. The molecule has 0 aliphatic carbocycles. The lowest BCUT2D eigenvalue weighted by atomic mass is 9.91. The summed E-state index contributed by atoms with van der Waals surface area (Å²) in [7, 11) is 0. The molecule has 138 valence electrons. The molecule has 0 fully saturated rings. The average molecular weight is 434 g/mol. The van der Waals surface area contributed by atoms with Crippen LogP contribution in [0, 0.1) is 6.92 Å². The van der Waals surface area contributed by atoms with Crippen molar-refractivity contribution in [2.75, 3.05) is 15.5 Å². The Morgan fingerprint density at radius 2 is 1.68 bits per heavy atom. The third kappa shape index (κ3) is 2.24. The molecule has 0 aromatic heterocycles. The first-order valence-electron chi connectivity index (χ1n) is 8.90. The van der Waals surface area contributed by atoms with E-state index < -0.39 is 5.66 Å². The number of halogens is 1. The highest BCUT2D eigenvalue weighted by atomic mass is 79.9. The third-order valence-corrected chi connectivity index (χ3v) is 5.77. The SMILES string of the molecule is Cc1ccc2c(c1)[C@]1(Nc3ccccc3C(=O)N1c1ccc(Br)cc1)C(=O)N2. The van der Waals surface area contributed by atoms with Crippen LogP contribution in [0.3, 0.4) is 0 Å². The van der Waals surface area contributed by atoms with Crippen LogP contribution in [0.25, 0.3) is 0 Å². The Hall–Kier alpha value is -3.12. The topological polar surface area (TPSA) is 61.4 Å². The molecule has 5 nitrogen and oxygen atoms in total. The predicted octanol–water partition coefficient (Wildman–Crippen LogP) is 4.63. The Balaban J connectivity index is 1.82. The summed E-state index contributed by atoms with van der Waals surface area (Å²) in [6, 6.07) is 20.4. The van der Waals surface area contributed by atoms with Gasteiger partial charge in [0.25, 0.3) is 11.8 Å². The normalized spacial score (nSPS) is 19.9. The van der Waals surface area contributed by atoms with E-state index in [0.29, 0.717) is 22.6 Å². The van der Waals surface area contributed by atoms with Crippen LogP contribution < -0.4 is 15.5 Å². The second kappa shape index (κ2) is 5.94. The minimum atomic E-state index is -1.35. The molecule has 2 aliphatic rings. The van der Waals surface area contributed by atoms with Crippen LogP contribution in [0.1, 0.15) is 21.5 Å². The van der Waals surface area contributed by atoms with Gasteiger partial charge >= 0.3 is 0 Å². The largest absolute Gasteiger partial charge is 0.350 e. The zero-order valence-electron chi connectivity index (χ0n) is 15.0. The zero-order valence-corrected chi connectivity index (χ0v) is 16.6. The van der Waals surface area contributed by atoms with Crippen LogP contribution in [0.4, 0.5) is 17.1 Å². The lowest BCUT2D eigenvalue weighted by Crippen LogP contribution is -2.61. The molecule has 0 saturated carbocycles. The monoisotopic (exact) mass is 433 g/mol. The van der Waals surface area contributed by atoms with Crippen LogP contribution in [-0.4, -0.2) is 11.8 Å². The minimum Gasteiger partial charge on any atom is -0.350 e. The average Bonchev–Trinajstić information content (AvgIpc) is 2.95. The molecule has 3 aromatic rings. The molecule has 0 saturated heterocycles. The van der Waals surface area contributed by atoms with E-state index in [0.717, 1.165) is 15.6 Å². The molecule has 28 heavy (non-hydrogen) atoms. The number of rotatable bonds is 1. The van der Waals surface area contributed by atoms with Gasteiger partial charge in [0.2, 0.25) is 5.66 Å². The quantitative estimate of drug-likeness (QED) is 0.587. The first-order chi connectivity index (χ1) is 13.5. The number of amides is 2. The van der Waals surface area contributed by atoms with Gasteiger partial charge in [0.1, 0.15) is 0 Å². The van der Waals surface area contributed by atoms with Crippen LogP contribution in [0.5, 0.6) is 0 Å². The van der Waals surface area contributed by atoms with Crippen molar-refractivity contribution in [2.24, 2.45) is 0 Å². The lowest BCUT2D eigenvalue weighted by molar-refractivity contribution is -0.119. The molecule has 2 amide bonds. The number of fused-ring (bicyclic) bond motifs is 3. The highest BCUT2D eigenvalue weighted by Gasteiger charge is 2.57. The molecule has 1 atom stereocenters. The third-order valence-electron chi connectivity index (χ3n) is 5.24. The Kier molecular flexibility index (Phi) is 3.61. The highest BCUT2D eigenvalue weighted by molar-refractivity contribution is 9.10. The van der Waals surface area contributed by atoms with Crippen LogP contribution in [0.15, 0.2) is 71.2 Å². The van der Waals surface area contributed by atoms with Crippen molar-refractivity contribution < 1.29 is 9.59 Å². The van der Waals surface area contributed by atoms with Crippen molar-refractivity contribution in [3.05, 3.63) is 87.9 Å². The Bertz CT molecular complexity index is 1140. The molecule has 3 aromatic carbocycles. The van der Waals surface area contributed by atoms with Gasteiger partial charge in [-0.05, 0) is 55.5 Å². The van der Waals surface area contributed by atoms with E-state index in [1.54, 1.807) is 11.0 Å². The van der Waals surface area contributed by atoms with Gasteiger partial charge in [-0.3, -0.25) is 14.5 Å². The molecule has 2 N–H and O–H groups in total. The van der Waals surface area contributed by atoms with E-state index in [9.17, 15) is 9.59 Å². The van der Waals surface area contributed by atoms with E-state index in [4.69, 9.17) is 0 Å². The van der Waals surface area contributed by atoms with Gasteiger partial charge in [0.05, 0.1) is 5.56 Å². The van der Waals surface area contributed by atoms with Crippen molar-refractivity contribution in [1.82, 2.24) is 0 Å². The second-order valence-corrected chi connectivity index (χ2v) is 7.92. The number of hydrogen-bond acceptors (Lipinski definition) is 3. The molecule has 0 bridgehead atoms. The number of anilines is 3. The van der Waals surface area contributed by atoms with Gasteiger partial charge in [-0.1, -0.05) is 39.7 Å². The fourth-order valence-electron chi connectivity index (χ4n) is 3.95. The standard InChI is InChI=1S/C22H16BrN3O2/c1-13-6-11-19-17(12-13)22(21(28)24-19)25-18-5-3-2-4-16(18)20(27)26(22)15-9-7-14(23)8-10-15/h2-12,25H,1H3,(H,24,28)/t22-/m1/s1. The predicted molar refractivity (Wildman–Crippen MR) is 113 cm³/mol. The fraction of sp³-hybridized carbons (Fsp3) is 0.0909. The van der Waals surface area contributed by atoms with Gasteiger partial charge in [0.15, 0.2) is 0 Å². The van der Waals surface area contributed by atoms with Crippen LogP contribution in [-0.2, 0) is 10.5 Å². The first-order valence-corrected chi connectivity index (χ1v) is 9.70. The van der Waals surface area contributed by atoms with Crippen LogP contribution in [0.2, 0.25) is 0 Å².